The molecule has 1 aliphatic rings. The summed E-state index contributed by atoms with van der Waals surface area (Å²) in [7, 11) is 0. The molecular weight excluding hydrogens is 228 g/mol. The molecule has 1 saturated carbocycles. The van der Waals surface area contributed by atoms with E-state index in [1.54, 1.807) is 0 Å². The molecule has 3 heteroatoms. The molecule has 1 fully saturated rings. The average molecular weight is 244 g/mol. The molecule has 1 N–H and O–H groups in total. The van der Waals surface area contributed by atoms with Crippen LogP contribution in [0, 0.1) is 10.7 Å². The quantitative estimate of drug-likeness (QED) is 0.786. The van der Waals surface area contributed by atoms with Crippen LogP contribution in [0.2, 0.25) is 0 Å². The zero-order valence-electron chi connectivity index (χ0n) is 9.89. The second kappa shape index (κ2) is 4.15. The lowest BCUT2D eigenvalue weighted by atomic mass is 9.81. The van der Waals surface area contributed by atoms with Crippen LogP contribution in [0.4, 0.5) is 0 Å². The van der Waals surface area contributed by atoms with E-state index in [1.165, 1.54) is 24.1 Å². The number of H-pyrrole nitrogens is 1. The van der Waals surface area contributed by atoms with Gasteiger partial charge in [-0.1, -0.05) is 37.3 Å². The summed E-state index contributed by atoms with van der Waals surface area (Å²) in [4.78, 5) is 3.18. The van der Waals surface area contributed by atoms with Crippen molar-refractivity contribution in [3.63, 3.8) is 0 Å². The number of nitrogens with zero attached hydrogens (tertiary/aromatic N) is 1. The number of imidazole rings is 1. The predicted octanol–water partition coefficient (Wildman–Crippen LogP) is 4.18. The van der Waals surface area contributed by atoms with Crippen molar-refractivity contribution >= 4 is 12.2 Å². The van der Waals surface area contributed by atoms with Gasteiger partial charge in [-0.2, -0.15) is 0 Å². The lowest BCUT2D eigenvalue weighted by molar-refractivity contribution is 0.216. The smallest absolute Gasteiger partial charge is 0.177 e. The highest BCUT2D eigenvalue weighted by atomic mass is 32.1. The van der Waals surface area contributed by atoms with E-state index >= 15 is 0 Å². The molecule has 0 amide bonds. The summed E-state index contributed by atoms with van der Waals surface area (Å²) in [6.45, 7) is 2.30. The summed E-state index contributed by atoms with van der Waals surface area (Å²) in [6.07, 6.45) is 4.51. The number of aromatic amines is 1. The van der Waals surface area contributed by atoms with Crippen LogP contribution < -0.4 is 0 Å². The third-order valence-electron chi connectivity index (χ3n) is 3.59. The Hall–Kier alpha value is -1.35. The number of aromatic nitrogens is 2. The van der Waals surface area contributed by atoms with Crippen molar-refractivity contribution in [2.75, 3.05) is 0 Å². The molecular formula is C14H16N2S. The standard InChI is InChI=1S/C14H16N2S/c1-10-7-12(8-10)16-13(9-15-14(16)17)11-5-3-2-4-6-11/h2-6,9-10,12H,7-8H2,1H3,(H,15,17). The monoisotopic (exact) mass is 244 g/mol. The van der Waals surface area contributed by atoms with Crippen molar-refractivity contribution < 1.29 is 0 Å². The van der Waals surface area contributed by atoms with Crippen LogP contribution in [0.3, 0.4) is 0 Å². The molecule has 0 atom stereocenters. The summed E-state index contributed by atoms with van der Waals surface area (Å²) in [5, 5.41) is 0. The van der Waals surface area contributed by atoms with Gasteiger partial charge >= 0.3 is 0 Å². The van der Waals surface area contributed by atoms with Gasteiger partial charge in [-0.3, -0.25) is 0 Å². The Morgan fingerprint density at radius 2 is 1.94 bits per heavy atom. The molecule has 1 heterocycles. The number of hydrogen-bond donors (Lipinski definition) is 1. The molecule has 0 saturated heterocycles. The Bertz CT molecular complexity index is 561. The largest absolute Gasteiger partial charge is 0.337 e. The van der Waals surface area contributed by atoms with E-state index in [0.717, 1.165) is 10.7 Å². The molecule has 0 bridgehead atoms. The Kier molecular flexibility index (Phi) is 2.63. The van der Waals surface area contributed by atoms with Crippen molar-refractivity contribution in [2.24, 2.45) is 5.92 Å². The fraction of sp³-hybridized carbons (Fsp3) is 0.357. The highest BCUT2D eigenvalue weighted by Crippen LogP contribution is 2.39. The van der Waals surface area contributed by atoms with Crippen LogP contribution in [0.15, 0.2) is 36.5 Å². The molecule has 3 rings (SSSR count). The SMILES string of the molecule is CC1CC(n2c(-c3ccccc3)c[nH]c2=S)C1. The van der Waals surface area contributed by atoms with Gasteiger partial charge in [0.1, 0.15) is 0 Å². The average Bonchev–Trinajstić information content (AvgIpc) is 2.68. The maximum atomic E-state index is 5.40. The third kappa shape index (κ3) is 1.84. The number of benzene rings is 1. The zero-order valence-corrected chi connectivity index (χ0v) is 10.7. The second-order valence-corrected chi connectivity index (χ2v) is 5.33. The van der Waals surface area contributed by atoms with Gasteiger partial charge in [-0.25, -0.2) is 0 Å². The third-order valence-corrected chi connectivity index (χ3v) is 3.91. The van der Waals surface area contributed by atoms with Gasteiger partial charge in [0, 0.05) is 12.2 Å². The van der Waals surface area contributed by atoms with E-state index in [4.69, 9.17) is 12.2 Å². The Morgan fingerprint density at radius 1 is 1.24 bits per heavy atom. The van der Waals surface area contributed by atoms with Crippen molar-refractivity contribution in [1.82, 2.24) is 9.55 Å². The van der Waals surface area contributed by atoms with Gasteiger partial charge in [0.15, 0.2) is 4.77 Å². The first-order valence-electron chi connectivity index (χ1n) is 6.11. The van der Waals surface area contributed by atoms with Gasteiger partial charge in [0.2, 0.25) is 0 Å². The van der Waals surface area contributed by atoms with Gasteiger partial charge < -0.3 is 9.55 Å². The first kappa shape index (κ1) is 10.8. The fourth-order valence-electron chi connectivity index (χ4n) is 2.64. The first-order chi connectivity index (χ1) is 8.25. The molecule has 1 aromatic carbocycles. The van der Waals surface area contributed by atoms with Crippen LogP contribution in [0.1, 0.15) is 25.8 Å². The maximum Gasteiger partial charge on any atom is 0.177 e. The second-order valence-electron chi connectivity index (χ2n) is 4.95. The van der Waals surface area contributed by atoms with Crippen molar-refractivity contribution in [2.45, 2.75) is 25.8 Å². The summed E-state index contributed by atoms with van der Waals surface area (Å²) in [5.41, 5.74) is 2.45. The molecule has 0 radical (unpaired) electrons. The minimum Gasteiger partial charge on any atom is -0.337 e. The van der Waals surface area contributed by atoms with Crippen LogP contribution >= 0.6 is 12.2 Å². The van der Waals surface area contributed by atoms with Crippen LogP contribution in [0.5, 0.6) is 0 Å². The molecule has 2 nitrogen and oxygen atoms in total. The van der Waals surface area contributed by atoms with E-state index in [9.17, 15) is 0 Å². The minimum absolute atomic E-state index is 0.582. The molecule has 17 heavy (non-hydrogen) atoms. The lowest BCUT2D eigenvalue weighted by Crippen LogP contribution is -2.25. The Balaban J connectivity index is 2.04. The van der Waals surface area contributed by atoms with E-state index < -0.39 is 0 Å². The summed E-state index contributed by atoms with van der Waals surface area (Å²) >= 11 is 5.40. The first-order valence-corrected chi connectivity index (χ1v) is 6.52. The van der Waals surface area contributed by atoms with Crippen LogP contribution in [-0.4, -0.2) is 9.55 Å². The van der Waals surface area contributed by atoms with E-state index in [1.807, 2.05) is 12.3 Å². The van der Waals surface area contributed by atoms with E-state index in [-0.39, 0.29) is 0 Å². The Labute approximate surface area is 106 Å². The number of rotatable bonds is 2. The van der Waals surface area contributed by atoms with Gasteiger partial charge in [0.25, 0.3) is 0 Å². The zero-order chi connectivity index (χ0) is 11.8. The van der Waals surface area contributed by atoms with Crippen LogP contribution in [-0.2, 0) is 0 Å². The highest BCUT2D eigenvalue weighted by molar-refractivity contribution is 7.71. The normalized spacial score (nSPS) is 23.4. The van der Waals surface area contributed by atoms with Crippen molar-refractivity contribution in [3.8, 4) is 11.3 Å². The molecule has 0 unspecified atom stereocenters. The summed E-state index contributed by atoms with van der Waals surface area (Å²) < 4.78 is 3.13. The molecule has 2 aromatic rings. The molecule has 0 spiro atoms. The van der Waals surface area contributed by atoms with Gasteiger partial charge in [-0.15, -0.1) is 0 Å². The highest BCUT2D eigenvalue weighted by Gasteiger charge is 2.28. The summed E-state index contributed by atoms with van der Waals surface area (Å²) in [5.74, 6) is 0.834. The molecule has 1 aliphatic carbocycles. The van der Waals surface area contributed by atoms with Crippen LogP contribution in [0.25, 0.3) is 11.3 Å². The maximum absolute atomic E-state index is 5.40. The van der Waals surface area contributed by atoms with Gasteiger partial charge in [0.05, 0.1) is 5.69 Å². The topological polar surface area (TPSA) is 20.7 Å². The molecule has 88 valence electrons. The lowest BCUT2D eigenvalue weighted by Gasteiger charge is -2.34. The Morgan fingerprint density at radius 3 is 2.59 bits per heavy atom. The molecule has 1 aromatic heterocycles. The number of nitrogens with one attached hydrogen (secondary N) is 1. The van der Waals surface area contributed by atoms with Crippen molar-refractivity contribution in [3.05, 3.63) is 41.3 Å². The van der Waals surface area contributed by atoms with Gasteiger partial charge in [-0.05, 0) is 36.5 Å². The fourth-order valence-corrected chi connectivity index (χ4v) is 2.95. The summed E-state index contributed by atoms with van der Waals surface area (Å²) in [6, 6.07) is 11.0. The van der Waals surface area contributed by atoms with E-state index in [2.05, 4.69) is 40.7 Å². The predicted molar refractivity (Wildman–Crippen MR) is 72.5 cm³/mol. The van der Waals surface area contributed by atoms with E-state index in [0.29, 0.717) is 6.04 Å². The molecule has 0 aliphatic heterocycles. The van der Waals surface area contributed by atoms with Crippen molar-refractivity contribution in [1.29, 1.82) is 0 Å². The number of hydrogen-bond acceptors (Lipinski definition) is 1. The minimum atomic E-state index is 0.582.